The van der Waals surface area contributed by atoms with Gasteiger partial charge in [0.05, 0.1) is 12.8 Å². The number of nitrogens with zero attached hydrogens (tertiary/aromatic N) is 3. The van der Waals surface area contributed by atoms with Gasteiger partial charge >= 0.3 is 5.69 Å². The third-order valence-corrected chi connectivity index (χ3v) is 3.47. The molecule has 0 unspecified atom stereocenters. The lowest BCUT2D eigenvalue weighted by Gasteiger charge is -2.10. The predicted molar refractivity (Wildman–Crippen MR) is 93.7 cm³/mol. The van der Waals surface area contributed by atoms with Gasteiger partial charge < -0.3 is 4.74 Å². The van der Waals surface area contributed by atoms with Gasteiger partial charge in [-0.3, -0.25) is 5.43 Å². The van der Waals surface area contributed by atoms with Crippen molar-refractivity contribution in [1.82, 2.24) is 15.2 Å². The summed E-state index contributed by atoms with van der Waals surface area (Å²) in [5.41, 5.74) is 3.64. The number of hydrogen-bond donors (Lipinski definition) is 2. The fourth-order valence-corrected chi connectivity index (χ4v) is 2.35. The molecule has 0 amide bonds. The molecule has 7 nitrogen and oxygen atoms in total. The van der Waals surface area contributed by atoms with Crippen LogP contribution in [-0.2, 0) is 0 Å². The van der Waals surface area contributed by atoms with Crippen molar-refractivity contribution in [2.24, 2.45) is 5.10 Å². The molecule has 122 valence electrons. The molecule has 3 aromatic rings. The van der Waals surface area contributed by atoms with Crippen LogP contribution < -0.4 is 15.9 Å². The lowest BCUT2D eigenvalue weighted by atomic mass is 10.0. The Morgan fingerprint density at radius 1 is 1.29 bits per heavy atom. The number of benzene rings is 2. The molecule has 1 aromatic heterocycles. The summed E-state index contributed by atoms with van der Waals surface area (Å²) < 4.78 is 5.69. The van der Waals surface area contributed by atoms with E-state index in [1.807, 2.05) is 43.3 Å². The molecule has 0 aliphatic carbocycles. The van der Waals surface area contributed by atoms with Crippen molar-refractivity contribution in [2.75, 3.05) is 12.0 Å². The third-order valence-electron chi connectivity index (χ3n) is 3.47. The van der Waals surface area contributed by atoms with Gasteiger partial charge in [-0.15, -0.1) is 0 Å². The molecule has 0 radical (unpaired) electrons. The van der Waals surface area contributed by atoms with Crippen LogP contribution in [0.2, 0.25) is 0 Å². The van der Waals surface area contributed by atoms with Crippen molar-refractivity contribution in [2.45, 2.75) is 13.8 Å². The molecule has 0 bridgehead atoms. The number of aromatic nitrogens is 3. The maximum atomic E-state index is 11.2. The first-order valence-electron chi connectivity index (χ1n) is 7.56. The van der Waals surface area contributed by atoms with E-state index in [-0.39, 0.29) is 0 Å². The minimum atomic E-state index is -0.529. The fraction of sp³-hybridized carbons (Fsp3) is 0.176. The van der Waals surface area contributed by atoms with E-state index < -0.39 is 5.69 Å². The topological polar surface area (TPSA) is 92.3 Å². The molecule has 24 heavy (non-hydrogen) atoms. The first kappa shape index (κ1) is 15.7. The summed E-state index contributed by atoms with van der Waals surface area (Å²) in [7, 11) is 0. The van der Waals surface area contributed by atoms with Gasteiger partial charge in [0.15, 0.2) is 5.82 Å². The molecule has 0 fully saturated rings. The van der Waals surface area contributed by atoms with Crippen LogP contribution in [0.15, 0.2) is 46.3 Å². The van der Waals surface area contributed by atoms with Crippen molar-refractivity contribution in [3.63, 3.8) is 0 Å². The van der Waals surface area contributed by atoms with E-state index in [0.29, 0.717) is 18.1 Å². The number of rotatable bonds is 5. The molecular formula is C17H17N5O2. The SMILES string of the molecule is CCOc1ccc2ccccc2c1C=NNc1nc(=O)[nH]nc1C. The van der Waals surface area contributed by atoms with Gasteiger partial charge in [-0.25, -0.2) is 9.89 Å². The zero-order valence-corrected chi connectivity index (χ0v) is 13.4. The number of hydrogen-bond acceptors (Lipinski definition) is 6. The zero-order chi connectivity index (χ0) is 16.9. The second-order valence-electron chi connectivity index (χ2n) is 5.08. The molecule has 0 spiro atoms. The molecular weight excluding hydrogens is 306 g/mol. The monoisotopic (exact) mass is 323 g/mol. The van der Waals surface area contributed by atoms with E-state index >= 15 is 0 Å². The molecule has 2 aromatic carbocycles. The van der Waals surface area contributed by atoms with Crippen molar-refractivity contribution in [1.29, 1.82) is 0 Å². The van der Waals surface area contributed by atoms with Gasteiger partial charge in [0.2, 0.25) is 0 Å². The van der Waals surface area contributed by atoms with Crippen LogP contribution in [-0.4, -0.2) is 28.0 Å². The minimum Gasteiger partial charge on any atom is -0.493 e. The number of ether oxygens (including phenoxy) is 1. The second-order valence-corrected chi connectivity index (χ2v) is 5.08. The van der Waals surface area contributed by atoms with Crippen LogP contribution in [0, 0.1) is 6.92 Å². The lowest BCUT2D eigenvalue weighted by Crippen LogP contribution is -2.15. The Morgan fingerprint density at radius 3 is 2.96 bits per heavy atom. The first-order valence-corrected chi connectivity index (χ1v) is 7.56. The van der Waals surface area contributed by atoms with Gasteiger partial charge in [0.25, 0.3) is 0 Å². The van der Waals surface area contributed by atoms with Gasteiger partial charge in [-0.1, -0.05) is 30.3 Å². The zero-order valence-electron chi connectivity index (χ0n) is 13.4. The van der Waals surface area contributed by atoms with E-state index in [1.54, 1.807) is 13.1 Å². The van der Waals surface area contributed by atoms with Gasteiger partial charge in [0, 0.05) is 5.56 Å². The standard InChI is InChI=1S/C17H17N5O2/c1-3-24-15-9-8-12-6-4-5-7-13(12)14(15)10-18-21-16-11(2)20-22-17(23)19-16/h4-10H,3H2,1-2H3,(H2,19,21,22,23). The quantitative estimate of drug-likeness (QED) is 0.556. The Morgan fingerprint density at radius 2 is 2.12 bits per heavy atom. The molecule has 1 heterocycles. The Kier molecular flexibility index (Phi) is 4.51. The summed E-state index contributed by atoms with van der Waals surface area (Å²) in [5, 5.41) is 12.4. The summed E-state index contributed by atoms with van der Waals surface area (Å²) in [6, 6.07) is 11.9. The summed E-state index contributed by atoms with van der Waals surface area (Å²) in [6.45, 7) is 4.22. The molecule has 0 atom stereocenters. The average molecular weight is 323 g/mol. The molecule has 7 heteroatoms. The minimum absolute atomic E-state index is 0.313. The molecule has 0 saturated carbocycles. The Hall–Kier alpha value is -3.22. The molecule has 2 N–H and O–H groups in total. The van der Waals surface area contributed by atoms with Gasteiger partial charge in [0.1, 0.15) is 11.4 Å². The maximum absolute atomic E-state index is 11.2. The van der Waals surface area contributed by atoms with E-state index in [2.05, 4.69) is 25.7 Å². The van der Waals surface area contributed by atoms with E-state index in [0.717, 1.165) is 22.1 Å². The van der Waals surface area contributed by atoms with E-state index in [9.17, 15) is 4.79 Å². The van der Waals surface area contributed by atoms with E-state index in [4.69, 9.17) is 4.74 Å². The van der Waals surface area contributed by atoms with Crippen LogP contribution in [0.4, 0.5) is 5.82 Å². The number of anilines is 1. The van der Waals surface area contributed by atoms with Crippen molar-refractivity contribution in [3.05, 3.63) is 58.1 Å². The van der Waals surface area contributed by atoms with Crippen LogP contribution >= 0.6 is 0 Å². The van der Waals surface area contributed by atoms with Crippen LogP contribution in [0.25, 0.3) is 10.8 Å². The van der Waals surface area contributed by atoms with Gasteiger partial charge in [-0.2, -0.15) is 15.2 Å². The predicted octanol–water partition coefficient (Wildman–Crippen LogP) is 2.47. The lowest BCUT2D eigenvalue weighted by molar-refractivity contribution is 0.340. The summed E-state index contributed by atoms with van der Waals surface area (Å²) in [5.74, 6) is 1.06. The normalized spacial score (nSPS) is 11.1. The smallest absolute Gasteiger partial charge is 0.363 e. The average Bonchev–Trinajstić information content (AvgIpc) is 2.59. The Labute approximate surface area is 138 Å². The number of aromatic amines is 1. The van der Waals surface area contributed by atoms with Crippen LogP contribution in [0.3, 0.4) is 0 Å². The summed E-state index contributed by atoms with van der Waals surface area (Å²) in [6.07, 6.45) is 1.66. The largest absolute Gasteiger partial charge is 0.493 e. The fourth-order valence-electron chi connectivity index (χ4n) is 2.35. The Bertz CT molecular complexity index is 949. The Balaban J connectivity index is 1.97. The highest BCUT2D eigenvalue weighted by Gasteiger charge is 2.07. The first-order chi connectivity index (χ1) is 11.7. The molecule has 0 saturated heterocycles. The van der Waals surface area contributed by atoms with Crippen molar-refractivity contribution < 1.29 is 4.74 Å². The van der Waals surface area contributed by atoms with Gasteiger partial charge in [-0.05, 0) is 30.7 Å². The van der Waals surface area contributed by atoms with Crippen LogP contribution in [0.5, 0.6) is 5.75 Å². The number of hydrazone groups is 1. The summed E-state index contributed by atoms with van der Waals surface area (Å²) in [4.78, 5) is 15.0. The highest BCUT2D eigenvalue weighted by molar-refractivity contribution is 6.02. The number of fused-ring (bicyclic) bond motifs is 1. The number of H-pyrrole nitrogens is 1. The summed E-state index contributed by atoms with van der Waals surface area (Å²) >= 11 is 0. The maximum Gasteiger partial charge on any atom is 0.363 e. The molecule has 0 aliphatic rings. The number of nitrogens with one attached hydrogen (secondary N) is 2. The molecule has 3 rings (SSSR count). The van der Waals surface area contributed by atoms with Crippen LogP contribution in [0.1, 0.15) is 18.2 Å². The highest BCUT2D eigenvalue weighted by atomic mass is 16.5. The highest BCUT2D eigenvalue weighted by Crippen LogP contribution is 2.26. The second kappa shape index (κ2) is 6.91. The number of aryl methyl sites for hydroxylation is 1. The third kappa shape index (κ3) is 3.24. The van der Waals surface area contributed by atoms with E-state index in [1.165, 1.54) is 0 Å². The van der Waals surface area contributed by atoms with Crippen molar-refractivity contribution >= 4 is 22.8 Å². The molecule has 0 aliphatic heterocycles. The van der Waals surface area contributed by atoms with Crippen molar-refractivity contribution in [3.8, 4) is 5.75 Å².